The van der Waals surface area contributed by atoms with Crippen molar-refractivity contribution in [2.45, 2.75) is 59.7 Å². The number of nitrogens with two attached hydrogens (primary N) is 1. The predicted octanol–water partition coefficient (Wildman–Crippen LogP) is 3.64. The topological polar surface area (TPSA) is 144 Å². The smallest absolute Gasteiger partial charge is 0.253 e. The molecule has 10 nitrogen and oxygen atoms in total. The number of likely N-dealkylation sites (tertiary alicyclic amines) is 1. The molecule has 1 atom stereocenters. The second-order valence-corrected chi connectivity index (χ2v) is 10.2. The number of aromatic nitrogens is 2. The molecule has 0 bridgehead atoms. The van der Waals surface area contributed by atoms with Gasteiger partial charge in [-0.2, -0.15) is 0 Å². The van der Waals surface area contributed by atoms with Gasteiger partial charge in [0.2, 0.25) is 0 Å². The van der Waals surface area contributed by atoms with Gasteiger partial charge in [0.1, 0.15) is 23.5 Å². The summed E-state index contributed by atoms with van der Waals surface area (Å²) >= 11 is 0. The van der Waals surface area contributed by atoms with E-state index in [9.17, 15) is 4.79 Å². The molecule has 10 heteroatoms. The third-order valence-corrected chi connectivity index (χ3v) is 7.22. The highest BCUT2D eigenvalue weighted by Crippen LogP contribution is 2.30. The Morgan fingerprint density at radius 3 is 2.78 bits per heavy atom. The number of amides is 1. The summed E-state index contributed by atoms with van der Waals surface area (Å²) in [5, 5.41) is 17.7. The standard InChI is InChI=1S/C27H37N9O/c1-5-27(3,4)21(28)14-22(29)34-25(37)18-9-8-17(2)19(11-10-18)33-24-23-20(31-16-32-24)15-30-26(35-23)36-12-6-7-13-36/h8-9,11,14-16,26,35H,5-7,10,12-13,28H2,1-4H3,(H2,29,34,37)(H,31,32,33). The van der Waals surface area contributed by atoms with E-state index in [0.29, 0.717) is 23.5 Å². The van der Waals surface area contributed by atoms with Gasteiger partial charge in [-0.15, -0.1) is 0 Å². The number of amidine groups is 1. The minimum Gasteiger partial charge on any atom is -0.401 e. The molecule has 1 saturated heterocycles. The van der Waals surface area contributed by atoms with E-state index < -0.39 is 0 Å². The zero-order chi connectivity index (χ0) is 26.6. The van der Waals surface area contributed by atoms with Crippen molar-refractivity contribution in [1.29, 1.82) is 5.41 Å². The van der Waals surface area contributed by atoms with Gasteiger partial charge in [0.15, 0.2) is 12.1 Å². The van der Waals surface area contributed by atoms with Gasteiger partial charge in [-0.25, -0.2) is 9.97 Å². The normalized spacial score (nSPS) is 20.2. The Balaban J connectivity index is 1.44. The van der Waals surface area contributed by atoms with Crippen molar-refractivity contribution >= 4 is 29.5 Å². The number of aliphatic imine (C=N–C) groups is 1. The number of rotatable bonds is 7. The molecular formula is C27H37N9O. The van der Waals surface area contributed by atoms with Crippen LogP contribution in [0.3, 0.4) is 0 Å². The zero-order valence-corrected chi connectivity index (χ0v) is 22.1. The fourth-order valence-electron chi connectivity index (χ4n) is 4.21. The van der Waals surface area contributed by atoms with Gasteiger partial charge in [0.25, 0.3) is 5.91 Å². The number of hydrogen-bond donors (Lipinski definition) is 5. The maximum Gasteiger partial charge on any atom is 0.253 e. The predicted molar refractivity (Wildman–Crippen MR) is 148 cm³/mol. The van der Waals surface area contributed by atoms with Crippen molar-refractivity contribution in [1.82, 2.24) is 20.2 Å². The lowest BCUT2D eigenvalue weighted by Gasteiger charge is -2.29. The molecule has 1 amide bonds. The quantitative estimate of drug-likeness (QED) is 0.282. The van der Waals surface area contributed by atoms with Gasteiger partial charge in [-0.3, -0.25) is 20.1 Å². The molecule has 0 radical (unpaired) electrons. The molecule has 1 aliphatic carbocycles. The van der Waals surface area contributed by atoms with Crippen LogP contribution in [0.2, 0.25) is 0 Å². The summed E-state index contributed by atoms with van der Waals surface area (Å²) in [6.45, 7) is 10.1. The van der Waals surface area contributed by atoms with E-state index >= 15 is 0 Å². The van der Waals surface area contributed by atoms with Gasteiger partial charge in [0, 0.05) is 35.5 Å². The van der Waals surface area contributed by atoms with Crippen LogP contribution in [-0.2, 0) is 4.79 Å². The average molecular weight is 504 g/mol. The van der Waals surface area contributed by atoms with Gasteiger partial charge in [0.05, 0.1) is 6.21 Å². The first-order chi connectivity index (χ1) is 17.7. The van der Waals surface area contributed by atoms with Crippen LogP contribution in [0.25, 0.3) is 0 Å². The molecule has 37 heavy (non-hydrogen) atoms. The largest absolute Gasteiger partial charge is 0.401 e. The van der Waals surface area contributed by atoms with Crippen LogP contribution < -0.4 is 21.7 Å². The maximum absolute atomic E-state index is 12.9. The van der Waals surface area contributed by atoms with E-state index in [2.05, 4.69) is 35.8 Å². The van der Waals surface area contributed by atoms with E-state index in [1.165, 1.54) is 25.2 Å². The monoisotopic (exact) mass is 503 g/mol. The van der Waals surface area contributed by atoms with Crippen molar-refractivity contribution in [3.63, 3.8) is 0 Å². The first kappa shape index (κ1) is 26.3. The number of nitrogens with zero attached hydrogens (tertiary/aromatic N) is 4. The number of anilines is 2. The van der Waals surface area contributed by atoms with E-state index in [1.807, 2.05) is 39.8 Å². The van der Waals surface area contributed by atoms with Crippen molar-refractivity contribution in [2.75, 3.05) is 23.7 Å². The maximum atomic E-state index is 12.9. The molecule has 1 fully saturated rings. The molecule has 3 heterocycles. The average Bonchev–Trinajstić information content (AvgIpc) is 3.36. The molecule has 0 aromatic carbocycles. The third kappa shape index (κ3) is 6.14. The highest BCUT2D eigenvalue weighted by molar-refractivity contribution is 6.09. The van der Waals surface area contributed by atoms with Crippen LogP contribution in [0.15, 0.2) is 58.2 Å². The lowest BCUT2D eigenvalue weighted by atomic mass is 9.86. The molecule has 3 aliphatic rings. The molecule has 196 valence electrons. The van der Waals surface area contributed by atoms with Gasteiger partial charge in [-0.05, 0) is 44.3 Å². The highest BCUT2D eigenvalue weighted by Gasteiger charge is 2.26. The number of hydrogen-bond acceptors (Lipinski definition) is 9. The number of fused-ring (bicyclic) bond motifs is 1. The van der Waals surface area contributed by atoms with E-state index in [-0.39, 0.29) is 23.4 Å². The van der Waals surface area contributed by atoms with Crippen LogP contribution in [0.1, 0.15) is 59.1 Å². The van der Waals surface area contributed by atoms with Crippen LogP contribution >= 0.6 is 0 Å². The summed E-state index contributed by atoms with van der Waals surface area (Å²) in [7, 11) is 0. The van der Waals surface area contributed by atoms with Crippen LogP contribution in [0.4, 0.5) is 11.5 Å². The SMILES string of the molecule is CCC(C)(C)C(N)=CC(=N)NC(=O)C1=CC=C(C)C(Nc2ncnc3c2NC(N2CCCC2)N=C3)=CC1. The summed E-state index contributed by atoms with van der Waals surface area (Å²) in [5.74, 6) is 0.314. The summed E-state index contributed by atoms with van der Waals surface area (Å²) in [6.07, 6.45) is 13.9. The Labute approximate surface area is 218 Å². The number of nitrogens with one attached hydrogen (secondary N) is 4. The van der Waals surface area contributed by atoms with Gasteiger partial charge in [-0.1, -0.05) is 39.0 Å². The minimum absolute atomic E-state index is 0.0230. The molecule has 1 aromatic heterocycles. The van der Waals surface area contributed by atoms with Crippen molar-refractivity contribution in [3.8, 4) is 0 Å². The van der Waals surface area contributed by atoms with Crippen molar-refractivity contribution < 1.29 is 4.79 Å². The van der Waals surface area contributed by atoms with Gasteiger partial charge >= 0.3 is 0 Å². The van der Waals surface area contributed by atoms with Crippen LogP contribution in [0.5, 0.6) is 0 Å². The fourth-order valence-corrected chi connectivity index (χ4v) is 4.21. The number of allylic oxidation sites excluding steroid dienone is 5. The Hall–Kier alpha value is -3.79. The van der Waals surface area contributed by atoms with Crippen molar-refractivity contribution in [2.24, 2.45) is 16.1 Å². The Morgan fingerprint density at radius 1 is 1.30 bits per heavy atom. The molecular weight excluding hydrogens is 466 g/mol. The number of carbonyl (C=O) groups excluding carboxylic acids is 1. The summed E-state index contributed by atoms with van der Waals surface area (Å²) < 4.78 is 0. The van der Waals surface area contributed by atoms with Gasteiger partial charge < -0.3 is 21.7 Å². The first-order valence-electron chi connectivity index (χ1n) is 12.8. The second kappa shape index (κ2) is 11.1. The van der Waals surface area contributed by atoms with Crippen LogP contribution in [0, 0.1) is 10.8 Å². The molecule has 2 aliphatic heterocycles. The zero-order valence-electron chi connectivity index (χ0n) is 22.1. The lowest BCUT2D eigenvalue weighted by Crippen LogP contribution is -2.39. The minimum atomic E-state index is -0.323. The molecule has 6 N–H and O–H groups in total. The molecule has 4 rings (SSSR count). The van der Waals surface area contributed by atoms with E-state index in [1.54, 1.807) is 12.3 Å². The molecule has 0 saturated carbocycles. The Morgan fingerprint density at radius 2 is 2.05 bits per heavy atom. The Kier molecular flexibility index (Phi) is 7.87. The fraction of sp³-hybridized carbons (Fsp3) is 0.444. The lowest BCUT2D eigenvalue weighted by molar-refractivity contribution is -0.116. The number of carbonyl (C=O) groups is 1. The molecule has 1 unspecified atom stereocenters. The first-order valence-corrected chi connectivity index (χ1v) is 12.8. The summed E-state index contributed by atoms with van der Waals surface area (Å²) in [4.78, 5) is 28.6. The van der Waals surface area contributed by atoms with Crippen LogP contribution in [-0.4, -0.2) is 52.2 Å². The van der Waals surface area contributed by atoms with Crippen molar-refractivity contribution in [3.05, 3.63) is 58.9 Å². The Bertz CT molecular complexity index is 1220. The second-order valence-electron chi connectivity index (χ2n) is 10.2. The molecule has 0 spiro atoms. The summed E-state index contributed by atoms with van der Waals surface area (Å²) in [5.41, 5.74) is 10.4. The highest BCUT2D eigenvalue weighted by atomic mass is 16.1. The third-order valence-electron chi connectivity index (χ3n) is 7.22. The molecule has 1 aromatic rings. The summed E-state index contributed by atoms with van der Waals surface area (Å²) in [6, 6.07) is 0. The van der Waals surface area contributed by atoms with E-state index in [4.69, 9.17) is 11.1 Å². The van der Waals surface area contributed by atoms with E-state index in [0.717, 1.165) is 42.2 Å².